The molecule has 0 saturated heterocycles. The average molecular weight is 340 g/mol. The Labute approximate surface area is 138 Å². The second kappa shape index (κ2) is 6.75. The van der Waals surface area contributed by atoms with E-state index in [9.17, 15) is 13.2 Å². The second-order valence-corrected chi connectivity index (χ2v) is 5.73. The molecule has 7 heteroatoms. The van der Waals surface area contributed by atoms with E-state index in [1.165, 1.54) is 6.07 Å². The number of halogens is 3. The zero-order valence-corrected chi connectivity index (χ0v) is 13.4. The highest BCUT2D eigenvalue weighted by Crippen LogP contribution is 2.35. The minimum absolute atomic E-state index is 0.305. The van der Waals surface area contributed by atoms with Gasteiger partial charge in [-0.2, -0.15) is 13.2 Å². The summed E-state index contributed by atoms with van der Waals surface area (Å²) in [6.07, 6.45) is -0.465. The van der Waals surface area contributed by atoms with Crippen molar-refractivity contribution in [2.24, 2.45) is 0 Å². The minimum Gasteiger partial charge on any atom is -0.492 e. The van der Waals surface area contributed by atoms with Gasteiger partial charge in [-0.25, -0.2) is 0 Å². The number of aryl methyl sites for hydroxylation is 1. The third kappa shape index (κ3) is 3.49. The van der Waals surface area contributed by atoms with E-state index in [2.05, 4.69) is 10.5 Å². The molecule has 1 aliphatic carbocycles. The first-order valence-corrected chi connectivity index (χ1v) is 8.03. The Morgan fingerprint density at radius 1 is 1.25 bits per heavy atom. The van der Waals surface area contributed by atoms with Crippen molar-refractivity contribution in [1.82, 2.24) is 5.16 Å². The molecule has 0 radical (unpaired) electrons. The highest BCUT2D eigenvalue weighted by molar-refractivity contribution is 5.58. The molecule has 24 heavy (non-hydrogen) atoms. The number of hydrogen-bond donors (Lipinski definition) is 1. The summed E-state index contributed by atoms with van der Waals surface area (Å²) >= 11 is 0. The average Bonchev–Trinajstić information content (AvgIpc) is 2.96. The predicted octanol–water partition coefficient (Wildman–Crippen LogP) is 4.58. The largest absolute Gasteiger partial charge is 0.492 e. The molecule has 0 fully saturated rings. The lowest BCUT2D eigenvalue weighted by molar-refractivity contribution is -0.137. The lowest BCUT2D eigenvalue weighted by Crippen LogP contribution is -2.10. The second-order valence-electron chi connectivity index (χ2n) is 5.73. The van der Waals surface area contributed by atoms with Gasteiger partial charge < -0.3 is 14.6 Å². The Hall–Kier alpha value is -2.18. The van der Waals surface area contributed by atoms with E-state index in [0.29, 0.717) is 24.6 Å². The van der Waals surface area contributed by atoms with Crippen LogP contribution in [-0.4, -0.2) is 11.8 Å². The lowest BCUT2D eigenvalue weighted by atomic mass is 9.96. The van der Waals surface area contributed by atoms with Gasteiger partial charge in [-0.05, 0) is 44.4 Å². The van der Waals surface area contributed by atoms with Crippen molar-refractivity contribution in [2.45, 2.75) is 45.3 Å². The van der Waals surface area contributed by atoms with Gasteiger partial charge in [-0.1, -0.05) is 5.16 Å². The number of fused-ring (bicyclic) bond motifs is 1. The summed E-state index contributed by atoms with van der Waals surface area (Å²) in [7, 11) is 0. The molecule has 1 aromatic carbocycles. The van der Waals surface area contributed by atoms with Crippen LogP contribution >= 0.6 is 0 Å². The number of ether oxygens (including phenoxy) is 1. The van der Waals surface area contributed by atoms with Crippen LogP contribution in [0.5, 0.6) is 5.75 Å². The summed E-state index contributed by atoms with van der Waals surface area (Å²) < 4.78 is 49.5. The van der Waals surface area contributed by atoms with Crippen molar-refractivity contribution in [1.29, 1.82) is 0 Å². The molecule has 1 heterocycles. The zero-order valence-electron chi connectivity index (χ0n) is 13.4. The number of nitrogens with one attached hydrogen (secondary N) is 1. The van der Waals surface area contributed by atoms with Gasteiger partial charge >= 0.3 is 6.18 Å². The molecule has 0 unspecified atom stereocenters. The minimum atomic E-state index is -4.39. The van der Waals surface area contributed by atoms with Crippen molar-refractivity contribution in [2.75, 3.05) is 11.9 Å². The van der Waals surface area contributed by atoms with Crippen LogP contribution in [0.3, 0.4) is 0 Å². The van der Waals surface area contributed by atoms with Gasteiger partial charge in [0.05, 0.1) is 24.4 Å². The molecule has 0 atom stereocenters. The van der Waals surface area contributed by atoms with E-state index in [-0.39, 0.29) is 0 Å². The predicted molar refractivity (Wildman–Crippen MR) is 83.1 cm³/mol. The quantitative estimate of drug-likeness (QED) is 0.865. The number of anilines is 1. The highest BCUT2D eigenvalue weighted by Gasteiger charge is 2.31. The molecule has 4 nitrogen and oxygen atoms in total. The van der Waals surface area contributed by atoms with E-state index in [1.807, 2.05) is 0 Å². The molecule has 1 aliphatic rings. The maximum atomic E-state index is 12.9. The van der Waals surface area contributed by atoms with Crippen molar-refractivity contribution in [3.05, 3.63) is 40.8 Å². The number of rotatable bonds is 5. The van der Waals surface area contributed by atoms with Crippen LogP contribution < -0.4 is 10.1 Å². The molecule has 1 N–H and O–H groups in total. The van der Waals surface area contributed by atoms with Crippen LogP contribution in [0.2, 0.25) is 0 Å². The smallest absolute Gasteiger partial charge is 0.416 e. The standard InChI is InChI=1S/C17H19F3N2O2/c1-2-23-16-8-7-11(17(18,19)20)9-13(16)21-10-14-12-5-3-4-6-15(12)24-22-14/h7-9,21H,2-6,10H2,1H3. The Morgan fingerprint density at radius 2 is 2.04 bits per heavy atom. The molecule has 0 bridgehead atoms. The van der Waals surface area contributed by atoms with Crippen LogP contribution in [0, 0.1) is 0 Å². The van der Waals surface area contributed by atoms with Crippen molar-refractivity contribution < 1.29 is 22.4 Å². The van der Waals surface area contributed by atoms with Gasteiger partial charge in [0, 0.05) is 12.0 Å². The van der Waals surface area contributed by atoms with Gasteiger partial charge in [0.2, 0.25) is 0 Å². The van der Waals surface area contributed by atoms with Gasteiger partial charge in [0.15, 0.2) is 0 Å². The van der Waals surface area contributed by atoms with Crippen molar-refractivity contribution >= 4 is 5.69 Å². The van der Waals surface area contributed by atoms with Gasteiger partial charge in [-0.15, -0.1) is 0 Å². The third-order valence-electron chi connectivity index (χ3n) is 4.08. The number of aromatic nitrogens is 1. The monoisotopic (exact) mass is 340 g/mol. The Morgan fingerprint density at radius 3 is 2.79 bits per heavy atom. The van der Waals surface area contributed by atoms with Gasteiger partial charge in [-0.3, -0.25) is 0 Å². The van der Waals surface area contributed by atoms with Crippen molar-refractivity contribution in [3.8, 4) is 5.75 Å². The number of benzene rings is 1. The lowest BCUT2D eigenvalue weighted by Gasteiger charge is -2.15. The SMILES string of the molecule is CCOc1ccc(C(F)(F)F)cc1NCc1noc2c1CCCC2. The number of nitrogens with zero attached hydrogens (tertiary/aromatic N) is 1. The molecule has 0 amide bonds. The normalized spacial score (nSPS) is 14.3. The van der Waals surface area contributed by atoms with Gasteiger partial charge in [0.1, 0.15) is 17.2 Å². The van der Waals surface area contributed by atoms with Crippen molar-refractivity contribution in [3.63, 3.8) is 0 Å². The molecular weight excluding hydrogens is 321 g/mol. The summed E-state index contributed by atoms with van der Waals surface area (Å²) in [4.78, 5) is 0. The van der Waals surface area contributed by atoms with E-state index < -0.39 is 11.7 Å². The summed E-state index contributed by atoms with van der Waals surface area (Å²) in [5.41, 5.74) is 1.43. The topological polar surface area (TPSA) is 47.3 Å². The molecule has 1 aromatic heterocycles. The first kappa shape index (κ1) is 16.7. The summed E-state index contributed by atoms with van der Waals surface area (Å²) in [6, 6.07) is 3.43. The maximum absolute atomic E-state index is 12.9. The molecule has 0 spiro atoms. The van der Waals surface area contributed by atoms with Gasteiger partial charge in [0.25, 0.3) is 0 Å². The van der Waals surface area contributed by atoms with E-state index in [1.54, 1.807) is 6.92 Å². The van der Waals surface area contributed by atoms with Crippen LogP contribution in [0.25, 0.3) is 0 Å². The fourth-order valence-electron chi connectivity index (χ4n) is 2.89. The summed E-state index contributed by atoms with van der Waals surface area (Å²) in [5, 5.41) is 7.07. The van der Waals surface area contributed by atoms with Crippen LogP contribution in [-0.2, 0) is 25.6 Å². The van der Waals surface area contributed by atoms with Crippen LogP contribution in [0.15, 0.2) is 22.7 Å². The van der Waals surface area contributed by atoms with E-state index in [4.69, 9.17) is 9.26 Å². The zero-order chi connectivity index (χ0) is 17.2. The summed E-state index contributed by atoms with van der Waals surface area (Å²) in [6.45, 7) is 2.47. The van der Waals surface area contributed by atoms with E-state index >= 15 is 0 Å². The van der Waals surface area contributed by atoms with Crippen LogP contribution in [0.4, 0.5) is 18.9 Å². The number of alkyl halides is 3. The number of hydrogen-bond acceptors (Lipinski definition) is 4. The first-order valence-electron chi connectivity index (χ1n) is 8.03. The van der Waals surface area contributed by atoms with E-state index in [0.717, 1.165) is 54.8 Å². The first-order chi connectivity index (χ1) is 11.5. The Kier molecular flexibility index (Phi) is 4.69. The Bertz CT molecular complexity index is 710. The molecule has 2 aromatic rings. The molecular formula is C17H19F3N2O2. The maximum Gasteiger partial charge on any atom is 0.416 e. The molecule has 0 saturated carbocycles. The third-order valence-corrected chi connectivity index (χ3v) is 4.08. The Balaban J connectivity index is 1.81. The molecule has 0 aliphatic heterocycles. The molecule has 3 rings (SSSR count). The fraction of sp³-hybridized carbons (Fsp3) is 0.471. The van der Waals surface area contributed by atoms with Crippen LogP contribution in [0.1, 0.15) is 42.3 Å². The molecule has 130 valence electrons. The summed E-state index contributed by atoms with van der Waals surface area (Å²) in [5.74, 6) is 1.29. The highest BCUT2D eigenvalue weighted by atomic mass is 19.4. The fourth-order valence-corrected chi connectivity index (χ4v) is 2.89.